The summed E-state index contributed by atoms with van der Waals surface area (Å²) >= 11 is 0. The highest BCUT2D eigenvalue weighted by molar-refractivity contribution is 5.88. The summed E-state index contributed by atoms with van der Waals surface area (Å²) < 4.78 is 5.48. The van der Waals surface area contributed by atoms with Gasteiger partial charge >= 0.3 is 0 Å². The van der Waals surface area contributed by atoms with Gasteiger partial charge in [0, 0.05) is 12.7 Å². The molecule has 1 aromatic heterocycles. The number of rotatable bonds is 3. The van der Waals surface area contributed by atoms with Crippen LogP contribution in [0.3, 0.4) is 0 Å². The van der Waals surface area contributed by atoms with Crippen molar-refractivity contribution < 1.29 is 4.74 Å². The summed E-state index contributed by atoms with van der Waals surface area (Å²) in [6, 6.07) is 5.79. The van der Waals surface area contributed by atoms with Gasteiger partial charge in [0.1, 0.15) is 5.82 Å². The summed E-state index contributed by atoms with van der Waals surface area (Å²) in [5.41, 5.74) is 0.0514. The van der Waals surface area contributed by atoms with E-state index in [0.717, 1.165) is 5.82 Å². The Kier molecular flexibility index (Phi) is 4.49. The summed E-state index contributed by atoms with van der Waals surface area (Å²) in [6.45, 7) is 9.41. The quantitative estimate of drug-likeness (QED) is 0.647. The molecule has 0 aliphatic rings. The standard InChI is InChI=1S/C13H21N3O/c1-5-16(11-8-6-7-9-15-11)12(14)17-10-13(2,3)4/h6-9,14H,5,10H2,1-4H3. The molecular weight excluding hydrogens is 214 g/mol. The van der Waals surface area contributed by atoms with Gasteiger partial charge in [-0.05, 0) is 24.5 Å². The number of pyridine rings is 1. The molecule has 17 heavy (non-hydrogen) atoms. The topological polar surface area (TPSA) is 49.2 Å². The molecule has 0 fully saturated rings. The molecule has 0 saturated heterocycles. The summed E-state index contributed by atoms with van der Waals surface area (Å²) in [5, 5.41) is 7.93. The highest BCUT2D eigenvalue weighted by Crippen LogP contribution is 2.15. The average Bonchev–Trinajstić information content (AvgIpc) is 2.28. The van der Waals surface area contributed by atoms with Crippen LogP contribution in [-0.2, 0) is 4.74 Å². The fourth-order valence-electron chi connectivity index (χ4n) is 1.29. The van der Waals surface area contributed by atoms with E-state index in [0.29, 0.717) is 13.2 Å². The summed E-state index contributed by atoms with van der Waals surface area (Å²) in [7, 11) is 0. The second kappa shape index (κ2) is 5.66. The van der Waals surface area contributed by atoms with Gasteiger partial charge in [-0.15, -0.1) is 0 Å². The Morgan fingerprint density at radius 3 is 2.59 bits per heavy atom. The molecule has 4 nitrogen and oxygen atoms in total. The van der Waals surface area contributed by atoms with Crippen LogP contribution < -0.4 is 4.90 Å². The zero-order valence-corrected chi connectivity index (χ0v) is 11.0. The van der Waals surface area contributed by atoms with E-state index in [9.17, 15) is 0 Å². The number of aromatic nitrogens is 1. The fraction of sp³-hybridized carbons (Fsp3) is 0.538. The lowest BCUT2D eigenvalue weighted by molar-refractivity contribution is 0.181. The molecular formula is C13H21N3O. The van der Waals surface area contributed by atoms with Crippen LogP contribution in [0.5, 0.6) is 0 Å². The van der Waals surface area contributed by atoms with E-state index < -0.39 is 0 Å². The number of anilines is 1. The van der Waals surface area contributed by atoms with Gasteiger partial charge in [0.15, 0.2) is 0 Å². The van der Waals surface area contributed by atoms with Gasteiger partial charge in [-0.1, -0.05) is 26.8 Å². The third-order valence-electron chi connectivity index (χ3n) is 2.13. The van der Waals surface area contributed by atoms with Crippen LogP contribution in [0.4, 0.5) is 5.82 Å². The lowest BCUT2D eigenvalue weighted by Crippen LogP contribution is -2.34. The van der Waals surface area contributed by atoms with Gasteiger partial charge in [0.25, 0.3) is 6.02 Å². The molecule has 0 unspecified atom stereocenters. The monoisotopic (exact) mass is 235 g/mol. The first-order valence-corrected chi connectivity index (χ1v) is 5.84. The zero-order valence-electron chi connectivity index (χ0n) is 11.0. The normalized spacial score (nSPS) is 11.1. The molecule has 0 atom stereocenters. The highest BCUT2D eigenvalue weighted by Gasteiger charge is 2.16. The molecule has 0 aliphatic carbocycles. The van der Waals surface area contributed by atoms with E-state index in [2.05, 4.69) is 25.8 Å². The lowest BCUT2D eigenvalue weighted by Gasteiger charge is -2.25. The highest BCUT2D eigenvalue weighted by atomic mass is 16.5. The van der Waals surface area contributed by atoms with E-state index >= 15 is 0 Å². The van der Waals surface area contributed by atoms with Crippen molar-refractivity contribution >= 4 is 11.8 Å². The fourth-order valence-corrected chi connectivity index (χ4v) is 1.29. The Morgan fingerprint density at radius 1 is 1.41 bits per heavy atom. The predicted octanol–water partition coefficient (Wildman–Crippen LogP) is 2.91. The molecule has 4 heteroatoms. The van der Waals surface area contributed by atoms with E-state index in [1.54, 1.807) is 11.1 Å². The molecule has 0 spiro atoms. The molecule has 1 aromatic rings. The van der Waals surface area contributed by atoms with Crippen LogP contribution in [0.15, 0.2) is 24.4 Å². The molecule has 0 saturated carbocycles. The largest absolute Gasteiger partial charge is 0.464 e. The van der Waals surface area contributed by atoms with Gasteiger partial charge in [-0.2, -0.15) is 0 Å². The Morgan fingerprint density at radius 2 is 2.12 bits per heavy atom. The predicted molar refractivity (Wildman–Crippen MR) is 70.4 cm³/mol. The molecule has 1 heterocycles. The average molecular weight is 235 g/mol. The van der Waals surface area contributed by atoms with Crippen LogP contribution in [-0.4, -0.2) is 24.2 Å². The Labute approximate surface area is 103 Å². The van der Waals surface area contributed by atoms with E-state index in [-0.39, 0.29) is 11.4 Å². The van der Waals surface area contributed by atoms with Crippen LogP contribution in [0.2, 0.25) is 0 Å². The number of amidine groups is 1. The molecule has 94 valence electrons. The molecule has 1 rings (SSSR count). The van der Waals surface area contributed by atoms with Gasteiger partial charge < -0.3 is 4.74 Å². The maximum absolute atomic E-state index is 7.93. The van der Waals surface area contributed by atoms with Crippen LogP contribution in [0.1, 0.15) is 27.7 Å². The van der Waals surface area contributed by atoms with Crippen molar-refractivity contribution in [2.45, 2.75) is 27.7 Å². The second-order valence-corrected chi connectivity index (χ2v) is 5.09. The Hall–Kier alpha value is -1.58. The molecule has 0 radical (unpaired) electrons. The first-order valence-electron chi connectivity index (χ1n) is 5.84. The van der Waals surface area contributed by atoms with Crippen molar-refractivity contribution in [3.05, 3.63) is 24.4 Å². The minimum absolute atomic E-state index is 0.0514. The SMILES string of the molecule is CCN(C(=N)OCC(C)(C)C)c1ccccn1. The second-order valence-electron chi connectivity index (χ2n) is 5.09. The molecule has 0 bridgehead atoms. The van der Waals surface area contributed by atoms with Crippen molar-refractivity contribution in [3.63, 3.8) is 0 Å². The van der Waals surface area contributed by atoms with E-state index in [1.165, 1.54) is 0 Å². The number of nitrogens with one attached hydrogen (secondary N) is 1. The molecule has 1 N–H and O–H groups in total. The minimum Gasteiger partial charge on any atom is -0.464 e. The first-order chi connectivity index (χ1) is 7.94. The molecule has 0 amide bonds. The molecule has 0 aliphatic heterocycles. The number of ether oxygens (including phenoxy) is 1. The summed E-state index contributed by atoms with van der Waals surface area (Å²) in [4.78, 5) is 5.96. The van der Waals surface area contributed by atoms with Crippen molar-refractivity contribution in [3.8, 4) is 0 Å². The van der Waals surface area contributed by atoms with Crippen LogP contribution >= 0.6 is 0 Å². The van der Waals surface area contributed by atoms with E-state index in [4.69, 9.17) is 10.1 Å². The lowest BCUT2D eigenvalue weighted by atomic mass is 9.99. The van der Waals surface area contributed by atoms with Crippen molar-refractivity contribution in [1.29, 1.82) is 5.41 Å². The maximum atomic E-state index is 7.93. The van der Waals surface area contributed by atoms with Crippen LogP contribution in [0.25, 0.3) is 0 Å². The van der Waals surface area contributed by atoms with E-state index in [1.807, 2.05) is 25.1 Å². The maximum Gasteiger partial charge on any atom is 0.290 e. The van der Waals surface area contributed by atoms with Crippen molar-refractivity contribution in [1.82, 2.24) is 4.98 Å². The van der Waals surface area contributed by atoms with Gasteiger partial charge in [-0.3, -0.25) is 10.3 Å². The number of hydrogen-bond acceptors (Lipinski definition) is 3. The van der Waals surface area contributed by atoms with Gasteiger partial charge in [0.2, 0.25) is 0 Å². The van der Waals surface area contributed by atoms with Crippen molar-refractivity contribution in [2.75, 3.05) is 18.1 Å². The third-order valence-corrected chi connectivity index (χ3v) is 2.13. The molecule has 0 aromatic carbocycles. The smallest absolute Gasteiger partial charge is 0.290 e. The first kappa shape index (κ1) is 13.5. The third kappa shape index (κ3) is 4.43. The zero-order chi connectivity index (χ0) is 12.9. The summed E-state index contributed by atoms with van der Waals surface area (Å²) in [5.74, 6) is 0.744. The minimum atomic E-state index is 0.0514. The van der Waals surface area contributed by atoms with Gasteiger partial charge in [-0.25, -0.2) is 4.98 Å². The Bertz CT molecular complexity index is 357. The number of nitrogens with zero attached hydrogens (tertiary/aromatic N) is 2. The van der Waals surface area contributed by atoms with Crippen LogP contribution in [0, 0.1) is 10.8 Å². The van der Waals surface area contributed by atoms with Gasteiger partial charge in [0.05, 0.1) is 6.61 Å². The summed E-state index contributed by atoms with van der Waals surface area (Å²) in [6.07, 6.45) is 1.72. The Balaban J connectivity index is 2.66. The number of hydrogen-bond donors (Lipinski definition) is 1. The van der Waals surface area contributed by atoms with Crippen molar-refractivity contribution in [2.24, 2.45) is 5.41 Å².